The van der Waals surface area contributed by atoms with E-state index in [1.165, 1.54) is 24.0 Å². The van der Waals surface area contributed by atoms with Crippen LogP contribution in [0.15, 0.2) is 27.4 Å². The molecule has 1 spiro atoms. The maximum Gasteiger partial charge on any atom is 0.339 e. The lowest BCUT2D eigenvalue weighted by molar-refractivity contribution is 0.472. The molecule has 0 atom stereocenters. The third kappa shape index (κ3) is 2.27. The standard InChI is InChI=1S/C16H16O3S2/c17-10-2-3-12-11-4-5-16(20-6-1-7-21-16)9-13(11)15(18)19-14(12)8-10/h2-3,8,17H,1,4-7,9H2. The first-order valence-electron chi connectivity index (χ1n) is 7.22. The Balaban J connectivity index is 1.85. The topological polar surface area (TPSA) is 50.4 Å². The van der Waals surface area contributed by atoms with Crippen LogP contribution in [0.5, 0.6) is 5.75 Å². The number of benzene rings is 1. The molecule has 1 fully saturated rings. The minimum atomic E-state index is -0.228. The Hall–Kier alpha value is -1.07. The van der Waals surface area contributed by atoms with Crippen molar-refractivity contribution in [1.29, 1.82) is 0 Å². The number of hydrogen-bond donors (Lipinski definition) is 1. The summed E-state index contributed by atoms with van der Waals surface area (Å²) in [5, 5.41) is 10.5. The second-order valence-corrected chi connectivity index (χ2v) is 8.88. The summed E-state index contributed by atoms with van der Waals surface area (Å²) in [6, 6.07) is 5.06. The van der Waals surface area contributed by atoms with Gasteiger partial charge in [0.15, 0.2) is 0 Å². The molecule has 1 aromatic carbocycles. The number of fused-ring (bicyclic) bond motifs is 3. The van der Waals surface area contributed by atoms with Gasteiger partial charge in [-0.1, -0.05) is 0 Å². The summed E-state index contributed by atoms with van der Waals surface area (Å²) in [7, 11) is 0. The lowest BCUT2D eigenvalue weighted by Crippen LogP contribution is -2.35. The highest BCUT2D eigenvalue weighted by molar-refractivity contribution is 8.18. The van der Waals surface area contributed by atoms with Gasteiger partial charge >= 0.3 is 5.63 Å². The minimum Gasteiger partial charge on any atom is -0.508 e. The summed E-state index contributed by atoms with van der Waals surface area (Å²) in [5.74, 6) is 2.51. The molecule has 3 nitrogen and oxygen atoms in total. The van der Waals surface area contributed by atoms with E-state index in [0.29, 0.717) is 5.58 Å². The zero-order valence-electron chi connectivity index (χ0n) is 11.6. The van der Waals surface area contributed by atoms with Gasteiger partial charge in [0.05, 0.1) is 4.08 Å². The van der Waals surface area contributed by atoms with Gasteiger partial charge in [-0.3, -0.25) is 0 Å². The Bertz CT molecular complexity index is 760. The van der Waals surface area contributed by atoms with E-state index in [1.807, 2.05) is 29.6 Å². The Kier molecular flexibility index (Phi) is 3.23. The van der Waals surface area contributed by atoms with Gasteiger partial charge in [0, 0.05) is 23.4 Å². The first-order chi connectivity index (χ1) is 10.2. The third-order valence-electron chi connectivity index (χ3n) is 4.32. The molecule has 1 aromatic heterocycles. The van der Waals surface area contributed by atoms with Crippen LogP contribution in [0.1, 0.15) is 24.0 Å². The minimum absolute atomic E-state index is 0.135. The van der Waals surface area contributed by atoms with E-state index in [2.05, 4.69) is 0 Å². The van der Waals surface area contributed by atoms with Gasteiger partial charge in [0.1, 0.15) is 11.3 Å². The number of phenols is 1. The molecule has 110 valence electrons. The van der Waals surface area contributed by atoms with Gasteiger partial charge in [-0.05, 0) is 48.5 Å². The lowest BCUT2D eigenvalue weighted by atomic mass is 9.90. The fourth-order valence-electron chi connectivity index (χ4n) is 3.29. The van der Waals surface area contributed by atoms with Gasteiger partial charge in [-0.2, -0.15) is 0 Å². The van der Waals surface area contributed by atoms with Crippen LogP contribution in [0.2, 0.25) is 0 Å². The van der Waals surface area contributed by atoms with Crippen molar-refractivity contribution in [3.05, 3.63) is 39.7 Å². The largest absolute Gasteiger partial charge is 0.508 e. The predicted octanol–water partition coefficient (Wildman–Crippen LogP) is 3.55. The van der Waals surface area contributed by atoms with Crippen LogP contribution in [0, 0.1) is 0 Å². The molecule has 1 aliphatic heterocycles. The van der Waals surface area contributed by atoms with E-state index in [1.54, 1.807) is 6.07 Å². The van der Waals surface area contributed by atoms with Crippen molar-refractivity contribution < 1.29 is 9.52 Å². The summed E-state index contributed by atoms with van der Waals surface area (Å²) < 4.78 is 5.61. The maximum absolute atomic E-state index is 12.3. The molecular weight excluding hydrogens is 304 g/mol. The molecule has 2 aliphatic rings. The Morgan fingerprint density at radius 3 is 2.81 bits per heavy atom. The summed E-state index contributed by atoms with van der Waals surface area (Å²) in [4.78, 5) is 12.3. The Labute approximate surface area is 131 Å². The third-order valence-corrected chi connectivity index (χ3v) is 7.77. The molecular formula is C16H16O3S2. The van der Waals surface area contributed by atoms with Crippen LogP contribution in [0.25, 0.3) is 11.0 Å². The van der Waals surface area contributed by atoms with Crippen LogP contribution < -0.4 is 5.63 Å². The Morgan fingerprint density at radius 2 is 2.00 bits per heavy atom. The number of rotatable bonds is 0. The van der Waals surface area contributed by atoms with Gasteiger partial charge in [-0.15, -0.1) is 23.5 Å². The number of aromatic hydroxyl groups is 1. The monoisotopic (exact) mass is 320 g/mol. The van der Waals surface area contributed by atoms with Crippen LogP contribution in [0.4, 0.5) is 0 Å². The van der Waals surface area contributed by atoms with Crippen LogP contribution in [-0.4, -0.2) is 20.7 Å². The van der Waals surface area contributed by atoms with Gasteiger partial charge < -0.3 is 9.52 Å². The highest BCUT2D eigenvalue weighted by atomic mass is 32.2. The lowest BCUT2D eigenvalue weighted by Gasteiger charge is -2.39. The van der Waals surface area contributed by atoms with Crippen molar-refractivity contribution in [3.63, 3.8) is 0 Å². The van der Waals surface area contributed by atoms with Crippen LogP contribution in [-0.2, 0) is 12.8 Å². The van der Waals surface area contributed by atoms with Gasteiger partial charge in [-0.25, -0.2) is 4.79 Å². The zero-order chi connectivity index (χ0) is 14.4. The van der Waals surface area contributed by atoms with E-state index in [9.17, 15) is 9.90 Å². The average Bonchev–Trinajstić information content (AvgIpc) is 2.48. The average molecular weight is 320 g/mol. The summed E-state index contributed by atoms with van der Waals surface area (Å²) in [5.41, 5.74) is 2.24. The highest BCUT2D eigenvalue weighted by Crippen LogP contribution is 2.50. The SMILES string of the molecule is O=c1oc2cc(O)ccc2c2c1CC1(CC2)SCCCS1. The molecule has 0 bridgehead atoms. The fourth-order valence-corrected chi connectivity index (χ4v) is 6.62. The first kappa shape index (κ1) is 13.6. The fraction of sp³-hybridized carbons (Fsp3) is 0.438. The molecule has 0 unspecified atom stereocenters. The van der Waals surface area contributed by atoms with E-state index >= 15 is 0 Å². The molecule has 2 heterocycles. The van der Waals surface area contributed by atoms with E-state index in [-0.39, 0.29) is 15.5 Å². The number of aryl methyl sites for hydroxylation is 1. The van der Waals surface area contributed by atoms with Crippen LogP contribution in [0.3, 0.4) is 0 Å². The Morgan fingerprint density at radius 1 is 1.19 bits per heavy atom. The first-order valence-corrected chi connectivity index (χ1v) is 9.20. The smallest absolute Gasteiger partial charge is 0.339 e. The predicted molar refractivity (Wildman–Crippen MR) is 88.4 cm³/mol. The zero-order valence-corrected chi connectivity index (χ0v) is 13.2. The summed E-state index contributed by atoms with van der Waals surface area (Å²) in [6.07, 6.45) is 4.09. The molecule has 1 saturated heterocycles. The van der Waals surface area contributed by atoms with Crippen LogP contribution >= 0.6 is 23.5 Å². The summed E-state index contributed by atoms with van der Waals surface area (Å²) >= 11 is 4.02. The summed E-state index contributed by atoms with van der Waals surface area (Å²) in [6.45, 7) is 0. The second-order valence-electron chi connectivity index (χ2n) is 5.67. The normalized spacial score (nSPS) is 20.6. The molecule has 5 heteroatoms. The van der Waals surface area contributed by atoms with E-state index in [0.717, 1.165) is 35.8 Å². The quantitative estimate of drug-likeness (QED) is 0.752. The van der Waals surface area contributed by atoms with E-state index < -0.39 is 0 Å². The van der Waals surface area contributed by atoms with Crippen molar-refractivity contribution in [2.45, 2.75) is 29.8 Å². The molecule has 4 rings (SSSR count). The molecule has 0 amide bonds. The number of hydrogen-bond acceptors (Lipinski definition) is 5. The highest BCUT2D eigenvalue weighted by Gasteiger charge is 2.39. The molecule has 1 aliphatic carbocycles. The van der Waals surface area contributed by atoms with Crippen molar-refractivity contribution >= 4 is 34.5 Å². The molecule has 21 heavy (non-hydrogen) atoms. The van der Waals surface area contributed by atoms with E-state index in [4.69, 9.17) is 4.42 Å². The van der Waals surface area contributed by atoms with Crippen molar-refractivity contribution in [2.24, 2.45) is 0 Å². The number of phenolic OH excluding ortho intramolecular Hbond substituents is 1. The van der Waals surface area contributed by atoms with Gasteiger partial charge in [0.2, 0.25) is 0 Å². The second kappa shape index (κ2) is 4.99. The van der Waals surface area contributed by atoms with Gasteiger partial charge in [0.25, 0.3) is 0 Å². The van der Waals surface area contributed by atoms with Crippen molar-refractivity contribution in [2.75, 3.05) is 11.5 Å². The van der Waals surface area contributed by atoms with Crippen molar-refractivity contribution in [3.8, 4) is 5.75 Å². The molecule has 2 aromatic rings. The molecule has 0 radical (unpaired) electrons. The maximum atomic E-state index is 12.3. The molecule has 1 N–H and O–H groups in total. The number of thioether (sulfide) groups is 2. The molecule has 0 saturated carbocycles. The van der Waals surface area contributed by atoms with Crippen molar-refractivity contribution in [1.82, 2.24) is 0 Å².